The molecule has 1 aromatic rings. The van der Waals surface area contributed by atoms with Crippen molar-refractivity contribution in [2.24, 2.45) is 5.92 Å². The van der Waals surface area contributed by atoms with Gasteiger partial charge < -0.3 is 0 Å². The Bertz CT molecular complexity index is 369. The molecule has 98 valence electrons. The van der Waals surface area contributed by atoms with E-state index in [9.17, 15) is 4.79 Å². The van der Waals surface area contributed by atoms with Crippen LogP contribution in [-0.4, -0.2) is 5.78 Å². The van der Waals surface area contributed by atoms with E-state index in [1.807, 2.05) is 12.1 Å². The summed E-state index contributed by atoms with van der Waals surface area (Å²) >= 11 is 0. The van der Waals surface area contributed by atoms with Gasteiger partial charge in [-0.15, -0.1) is 0 Å². The molecule has 18 heavy (non-hydrogen) atoms. The van der Waals surface area contributed by atoms with Gasteiger partial charge in [0.2, 0.25) is 0 Å². The molecule has 0 atom stereocenters. The van der Waals surface area contributed by atoms with E-state index in [0.29, 0.717) is 5.78 Å². The smallest absolute Gasteiger partial charge is 0.165 e. The van der Waals surface area contributed by atoms with Crippen LogP contribution in [0, 0.1) is 5.92 Å². The number of hydrogen-bond acceptors (Lipinski definition) is 1. The predicted molar refractivity (Wildman–Crippen MR) is 76.0 cm³/mol. The van der Waals surface area contributed by atoms with E-state index in [1.54, 1.807) is 0 Å². The van der Waals surface area contributed by atoms with Gasteiger partial charge in [0.15, 0.2) is 5.78 Å². The third kappa shape index (κ3) is 3.44. The molecule has 1 saturated carbocycles. The van der Waals surface area contributed by atoms with Crippen molar-refractivity contribution in [2.45, 2.75) is 58.3 Å². The Morgan fingerprint density at radius 2 is 1.67 bits per heavy atom. The highest BCUT2D eigenvalue weighted by atomic mass is 16.1. The Morgan fingerprint density at radius 3 is 2.22 bits per heavy atom. The van der Waals surface area contributed by atoms with Crippen LogP contribution in [-0.2, 0) is 6.42 Å². The third-order valence-electron chi connectivity index (χ3n) is 4.00. The van der Waals surface area contributed by atoms with Crippen LogP contribution in [0.25, 0.3) is 0 Å². The maximum Gasteiger partial charge on any atom is 0.165 e. The average molecular weight is 244 g/mol. The van der Waals surface area contributed by atoms with Gasteiger partial charge in [-0.2, -0.15) is 0 Å². The molecule has 1 aromatic carbocycles. The first-order valence-electron chi connectivity index (χ1n) is 7.44. The van der Waals surface area contributed by atoms with Crippen molar-refractivity contribution in [3.63, 3.8) is 0 Å². The van der Waals surface area contributed by atoms with Crippen molar-refractivity contribution in [1.82, 2.24) is 0 Å². The fraction of sp³-hybridized carbons (Fsp3) is 0.588. The lowest BCUT2D eigenvalue weighted by molar-refractivity contribution is 0.0908. The summed E-state index contributed by atoms with van der Waals surface area (Å²) in [4.78, 5) is 12.4. The molecule has 2 rings (SSSR count). The van der Waals surface area contributed by atoms with Crippen LogP contribution in [0.4, 0.5) is 0 Å². The van der Waals surface area contributed by atoms with Gasteiger partial charge >= 0.3 is 0 Å². The van der Waals surface area contributed by atoms with E-state index >= 15 is 0 Å². The molecule has 1 aliphatic rings. The molecule has 1 heteroatoms. The van der Waals surface area contributed by atoms with Gasteiger partial charge in [0.25, 0.3) is 0 Å². The van der Waals surface area contributed by atoms with Crippen LogP contribution in [0.5, 0.6) is 0 Å². The lowest BCUT2D eigenvalue weighted by Gasteiger charge is -2.12. The number of Topliss-reactive ketones (excluding diaryl/α,β-unsaturated/α-hetero) is 1. The summed E-state index contributed by atoms with van der Waals surface area (Å²) in [6.07, 6.45) is 9.52. The molecule has 0 heterocycles. The van der Waals surface area contributed by atoms with Crippen LogP contribution in [0.15, 0.2) is 24.3 Å². The maximum absolute atomic E-state index is 12.4. The number of ketones is 1. The Balaban J connectivity index is 2.02. The van der Waals surface area contributed by atoms with Gasteiger partial charge in [0, 0.05) is 11.5 Å². The molecule has 0 aliphatic heterocycles. The summed E-state index contributed by atoms with van der Waals surface area (Å²) in [6.45, 7) is 2.19. The SMILES string of the molecule is CCCc1ccc(C(=O)C2CCCCCC2)cc1. The topological polar surface area (TPSA) is 17.1 Å². The van der Waals surface area contributed by atoms with Gasteiger partial charge in [0.1, 0.15) is 0 Å². The quantitative estimate of drug-likeness (QED) is 0.549. The van der Waals surface area contributed by atoms with Gasteiger partial charge in [-0.05, 0) is 24.8 Å². The minimum atomic E-state index is 0.282. The lowest BCUT2D eigenvalue weighted by atomic mass is 9.90. The number of carbonyl (C=O) groups excluding carboxylic acids is 1. The van der Waals surface area contributed by atoms with Crippen LogP contribution in [0.3, 0.4) is 0 Å². The molecule has 1 nitrogen and oxygen atoms in total. The zero-order chi connectivity index (χ0) is 12.8. The standard InChI is InChI=1S/C17H24O/c1-2-7-14-10-12-16(13-11-14)17(18)15-8-5-3-4-6-9-15/h10-13,15H,2-9H2,1H3. The molecule has 1 aliphatic carbocycles. The summed E-state index contributed by atoms with van der Waals surface area (Å²) in [7, 11) is 0. The highest BCUT2D eigenvalue weighted by Gasteiger charge is 2.21. The van der Waals surface area contributed by atoms with Crippen LogP contribution >= 0.6 is 0 Å². The van der Waals surface area contributed by atoms with Crippen LogP contribution in [0.2, 0.25) is 0 Å². The van der Waals surface area contributed by atoms with Crippen molar-refractivity contribution >= 4 is 5.78 Å². The van der Waals surface area contributed by atoms with Crippen molar-refractivity contribution in [3.8, 4) is 0 Å². The second-order valence-corrected chi connectivity index (χ2v) is 5.50. The summed E-state index contributed by atoms with van der Waals surface area (Å²) < 4.78 is 0. The monoisotopic (exact) mass is 244 g/mol. The normalized spacial score (nSPS) is 17.4. The fourth-order valence-electron chi connectivity index (χ4n) is 2.90. The predicted octanol–water partition coefficient (Wildman–Crippen LogP) is 4.79. The van der Waals surface area contributed by atoms with Crippen molar-refractivity contribution in [1.29, 1.82) is 0 Å². The summed E-state index contributed by atoms with van der Waals surface area (Å²) in [5.74, 6) is 0.657. The van der Waals surface area contributed by atoms with Crippen molar-refractivity contribution < 1.29 is 4.79 Å². The van der Waals surface area contributed by atoms with Gasteiger partial charge in [-0.1, -0.05) is 63.3 Å². The Hall–Kier alpha value is -1.11. The van der Waals surface area contributed by atoms with Crippen LogP contribution < -0.4 is 0 Å². The van der Waals surface area contributed by atoms with Gasteiger partial charge in [0.05, 0.1) is 0 Å². The lowest BCUT2D eigenvalue weighted by Crippen LogP contribution is -2.14. The third-order valence-corrected chi connectivity index (χ3v) is 4.00. The molecule has 0 N–H and O–H groups in total. The molecule has 0 aromatic heterocycles. The first kappa shape index (κ1) is 13.3. The van der Waals surface area contributed by atoms with E-state index < -0.39 is 0 Å². The fourth-order valence-corrected chi connectivity index (χ4v) is 2.90. The van der Waals surface area contributed by atoms with E-state index in [2.05, 4.69) is 19.1 Å². The van der Waals surface area contributed by atoms with Crippen molar-refractivity contribution in [2.75, 3.05) is 0 Å². The molecule has 0 radical (unpaired) electrons. The van der Waals surface area contributed by atoms with Crippen LogP contribution in [0.1, 0.15) is 67.8 Å². The Kier molecular flexibility index (Phi) is 4.98. The van der Waals surface area contributed by atoms with Crippen molar-refractivity contribution in [3.05, 3.63) is 35.4 Å². The second-order valence-electron chi connectivity index (χ2n) is 5.50. The highest BCUT2D eigenvalue weighted by molar-refractivity contribution is 5.97. The zero-order valence-corrected chi connectivity index (χ0v) is 11.5. The molecule has 0 spiro atoms. The van der Waals surface area contributed by atoms with E-state index in [1.165, 1.54) is 31.2 Å². The average Bonchev–Trinajstić information content (AvgIpc) is 2.68. The molecule has 0 bridgehead atoms. The number of rotatable bonds is 4. The molecular weight excluding hydrogens is 220 g/mol. The minimum Gasteiger partial charge on any atom is -0.294 e. The van der Waals surface area contributed by atoms with Gasteiger partial charge in [-0.3, -0.25) is 4.79 Å². The molecule has 0 saturated heterocycles. The number of carbonyl (C=O) groups is 1. The largest absolute Gasteiger partial charge is 0.294 e. The molecule has 1 fully saturated rings. The Labute approximate surface area is 111 Å². The number of aryl methyl sites for hydroxylation is 1. The maximum atomic E-state index is 12.4. The van der Waals surface area contributed by atoms with E-state index in [0.717, 1.165) is 31.2 Å². The van der Waals surface area contributed by atoms with Gasteiger partial charge in [-0.25, -0.2) is 0 Å². The highest BCUT2D eigenvalue weighted by Crippen LogP contribution is 2.26. The summed E-state index contributed by atoms with van der Waals surface area (Å²) in [6, 6.07) is 8.29. The van der Waals surface area contributed by atoms with E-state index in [4.69, 9.17) is 0 Å². The van der Waals surface area contributed by atoms with E-state index in [-0.39, 0.29) is 5.92 Å². The molecule has 0 amide bonds. The molecular formula is C17H24O. The second kappa shape index (κ2) is 6.72. The Morgan fingerprint density at radius 1 is 1.06 bits per heavy atom. The summed E-state index contributed by atoms with van der Waals surface area (Å²) in [5.41, 5.74) is 2.26. The molecule has 0 unspecified atom stereocenters. The minimum absolute atomic E-state index is 0.282. The summed E-state index contributed by atoms with van der Waals surface area (Å²) in [5, 5.41) is 0. The first-order chi connectivity index (χ1) is 8.81. The number of benzene rings is 1. The zero-order valence-electron chi connectivity index (χ0n) is 11.5. The first-order valence-corrected chi connectivity index (χ1v) is 7.44. The number of hydrogen-bond donors (Lipinski definition) is 0.